The molecule has 128 valence electrons. The molecule has 3 nitrogen and oxygen atoms in total. The quantitative estimate of drug-likeness (QED) is 0.863. The topological polar surface area (TPSA) is 32.3 Å². The highest BCUT2D eigenvalue weighted by molar-refractivity contribution is 5.79. The number of alkyl halides is 3. The van der Waals surface area contributed by atoms with E-state index >= 15 is 0 Å². The SMILES string of the molecule is CCNCC1CCN(C(=O)C2CCCC(C(F)(F)F)C2)CC1. The summed E-state index contributed by atoms with van der Waals surface area (Å²) in [5.74, 6) is -1.18. The number of hydrogen-bond acceptors (Lipinski definition) is 2. The van der Waals surface area contributed by atoms with Gasteiger partial charge in [-0.15, -0.1) is 0 Å². The Morgan fingerprint density at radius 1 is 1.18 bits per heavy atom. The van der Waals surface area contributed by atoms with E-state index in [4.69, 9.17) is 0 Å². The number of likely N-dealkylation sites (tertiary alicyclic amines) is 1. The van der Waals surface area contributed by atoms with E-state index in [0.29, 0.717) is 31.8 Å². The molecule has 2 atom stereocenters. The number of halogens is 3. The van der Waals surface area contributed by atoms with Gasteiger partial charge in [-0.3, -0.25) is 4.79 Å². The van der Waals surface area contributed by atoms with Crippen LogP contribution in [0.15, 0.2) is 0 Å². The van der Waals surface area contributed by atoms with Crippen LogP contribution in [0.3, 0.4) is 0 Å². The van der Waals surface area contributed by atoms with Crippen LogP contribution >= 0.6 is 0 Å². The molecule has 1 saturated carbocycles. The van der Waals surface area contributed by atoms with Crippen molar-refractivity contribution in [1.29, 1.82) is 0 Å². The molecule has 0 aromatic heterocycles. The van der Waals surface area contributed by atoms with E-state index < -0.39 is 18.0 Å². The summed E-state index contributed by atoms with van der Waals surface area (Å²) in [7, 11) is 0. The summed E-state index contributed by atoms with van der Waals surface area (Å²) in [6, 6.07) is 0. The van der Waals surface area contributed by atoms with E-state index in [0.717, 1.165) is 25.9 Å². The minimum absolute atomic E-state index is 0.0142. The lowest BCUT2D eigenvalue weighted by molar-refractivity contribution is -0.187. The number of amides is 1. The van der Waals surface area contributed by atoms with Gasteiger partial charge < -0.3 is 10.2 Å². The molecule has 1 aliphatic heterocycles. The molecule has 6 heteroatoms. The number of hydrogen-bond donors (Lipinski definition) is 1. The Labute approximate surface area is 130 Å². The maximum Gasteiger partial charge on any atom is 0.391 e. The fourth-order valence-corrected chi connectivity index (χ4v) is 3.68. The fourth-order valence-electron chi connectivity index (χ4n) is 3.68. The lowest BCUT2D eigenvalue weighted by Crippen LogP contribution is -2.45. The molecule has 2 aliphatic rings. The molecular weight excluding hydrogens is 293 g/mol. The van der Waals surface area contributed by atoms with Gasteiger partial charge >= 0.3 is 6.18 Å². The monoisotopic (exact) mass is 320 g/mol. The molecule has 2 rings (SSSR count). The van der Waals surface area contributed by atoms with Gasteiger partial charge in [-0.2, -0.15) is 13.2 Å². The van der Waals surface area contributed by atoms with Gasteiger partial charge in [0.1, 0.15) is 0 Å². The third-order valence-electron chi connectivity index (χ3n) is 5.10. The third-order valence-corrected chi connectivity index (χ3v) is 5.10. The predicted octanol–water partition coefficient (Wildman–Crippen LogP) is 3.20. The van der Waals surface area contributed by atoms with Gasteiger partial charge in [0.05, 0.1) is 5.92 Å². The number of piperidine rings is 1. The van der Waals surface area contributed by atoms with Crippen molar-refractivity contribution >= 4 is 5.91 Å². The Bertz CT molecular complexity index is 365. The zero-order chi connectivity index (χ0) is 16.2. The van der Waals surface area contributed by atoms with Crippen LogP contribution < -0.4 is 5.32 Å². The van der Waals surface area contributed by atoms with Crippen molar-refractivity contribution in [3.63, 3.8) is 0 Å². The van der Waals surface area contributed by atoms with E-state index in [-0.39, 0.29) is 18.7 Å². The average molecular weight is 320 g/mol. The Hall–Kier alpha value is -0.780. The van der Waals surface area contributed by atoms with E-state index in [2.05, 4.69) is 12.2 Å². The zero-order valence-electron chi connectivity index (χ0n) is 13.3. The first-order valence-corrected chi connectivity index (χ1v) is 8.48. The highest BCUT2D eigenvalue weighted by Crippen LogP contribution is 2.40. The molecule has 1 heterocycles. The summed E-state index contributed by atoms with van der Waals surface area (Å²) in [5, 5.41) is 3.32. The van der Waals surface area contributed by atoms with E-state index in [1.54, 1.807) is 4.90 Å². The zero-order valence-corrected chi connectivity index (χ0v) is 13.3. The highest BCUT2D eigenvalue weighted by atomic mass is 19.4. The molecule has 0 radical (unpaired) electrons. The Morgan fingerprint density at radius 3 is 2.45 bits per heavy atom. The summed E-state index contributed by atoms with van der Waals surface area (Å²) in [5.41, 5.74) is 0. The lowest BCUT2D eigenvalue weighted by atomic mass is 9.80. The van der Waals surface area contributed by atoms with E-state index in [9.17, 15) is 18.0 Å². The van der Waals surface area contributed by atoms with Gasteiger partial charge in [0, 0.05) is 19.0 Å². The summed E-state index contributed by atoms with van der Waals surface area (Å²) >= 11 is 0. The Morgan fingerprint density at radius 2 is 1.86 bits per heavy atom. The van der Waals surface area contributed by atoms with Crippen molar-refractivity contribution in [2.24, 2.45) is 17.8 Å². The maximum absolute atomic E-state index is 12.9. The lowest BCUT2D eigenvalue weighted by Gasteiger charge is -2.37. The molecule has 0 bridgehead atoms. The molecule has 1 saturated heterocycles. The first kappa shape index (κ1) is 17.6. The fraction of sp³-hybridized carbons (Fsp3) is 0.938. The molecule has 0 aromatic carbocycles. The van der Waals surface area contributed by atoms with Crippen LogP contribution in [-0.4, -0.2) is 43.2 Å². The largest absolute Gasteiger partial charge is 0.391 e. The molecule has 22 heavy (non-hydrogen) atoms. The van der Waals surface area contributed by atoms with Crippen molar-refractivity contribution in [3.8, 4) is 0 Å². The van der Waals surface area contributed by atoms with Gasteiger partial charge in [-0.25, -0.2) is 0 Å². The van der Waals surface area contributed by atoms with Gasteiger partial charge in [0.2, 0.25) is 5.91 Å². The van der Waals surface area contributed by atoms with Crippen molar-refractivity contribution in [2.75, 3.05) is 26.2 Å². The first-order valence-electron chi connectivity index (χ1n) is 8.48. The number of nitrogens with zero attached hydrogens (tertiary/aromatic N) is 1. The van der Waals surface area contributed by atoms with E-state index in [1.165, 1.54) is 0 Å². The van der Waals surface area contributed by atoms with Crippen LogP contribution in [0.4, 0.5) is 13.2 Å². The smallest absolute Gasteiger partial charge is 0.342 e. The van der Waals surface area contributed by atoms with Gasteiger partial charge in [0.15, 0.2) is 0 Å². The van der Waals surface area contributed by atoms with E-state index in [1.807, 2.05) is 0 Å². The van der Waals surface area contributed by atoms with Crippen LogP contribution in [0.5, 0.6) is 0 Å². The first-order chi connectivity index (χ1) is 10.4. The van der Waals surface area contributed by atoms with Crippen LogP contribution in [0.1, 0.15) is 45.4 Å². The highest BCUT2D eigenvalue weighted by Gasteiger charge is 2.44. The average Bonchev–Trinajstić information content (AvgIpc) is 2.52. The standard InChI is InChI=1S/C16H27F3N2O/c1-2-20-11-12-6-8-21(9-7-12)15(22)13-4-3-5-14(10-13)16(17,18)19/h12-14,20H,2-11H2,1H3. The molecule has 1 aliphatic carbocycles. The summed E-state index contributed by atoms with van der Waals surface area (Å²) in [4.78, 5) is 14.3. The van der Waals surface area contributed by atoms with Gasteiger partial charge in [-0.05, 0) is 51.1 Å². The predicted molar refractivity (Wildman–Crippen MR) is 79.4 cm³/mol. The molecule has 1 amide bonds. The molecule has 1 N–H and O–H groups in total. The summed E-state index contributed by atoms with van der Waals surface area (Å²) < 4.78 is 38.6. The van der Waals surface area contributed by atoms with Crippen molar-refractivity contribution in [3.05, 3.63) is 0 Å². The molecule has 0 aromatic rings. The number of rotatable bonds is 4. The minimum atomic E-state index is -4.15. The van der Waals surface area contributed by atoms with Gasteiger partial charge in [-0.1, -0.05) is 13.3 Å². The Balaban J connectivity index is 1.82. The number of nitrogens with one attached hydrogen (secondary N) is 1. The van der Waals surface area contributed by atoms with Crippen molar-refractivity contribution in [1.82, 2.24) is 10.2 Å². The van der Waals surface area contributed by atoms with Crippen molar-refractivity contribution < 1.29 is 18.0 Å². The molecule has 2 fully saturated rings. The third kappa shape index (κ3) is 4.61. The van der Waals surface area contributed by atoms with Crippen LogP contribution in [0.25, 0.3) is 0 Å². The second-order valence-electron chi connectivity index (χ2n) is 6.68. The molecule has 2 unspecified atom stereocenters. The number of carbonyl (C=O) groups is 1. The minimum Gasteiger partial charge on any atom is -0.342 e. The molecule has 0 spiro atoms. The normalized spacial score (nSPS) is 27.9. The van der Waals surface area contributed by atoms with Gasteiger partial charge in [0.25, 0.3) is 0 Å². The van der Waals surface area contributed by atoms with Crippen molar-refractivity contribution in [2.45, 2.75) is 51.6 Å². The Kier molecular flexibility index (Phi) is 6.12. The second-order valence-corrected chi connectivity index (χ2v) is 6.68. The van der Waals surface area contributed by atoms with Crippen LogP contribution in [-0.2, 0) is 4.79 Å². The summed E-state index contributed by atoms with van der Waals surface area (Å²) in [6.45, 7) is 5.38. The number of carbonyl (C=O) groups excluding carboxylic acids is 1. The second kappa shape index (κ2) is 7.66. The molecular formula is C16H27F3N2O. The maximum atomic E-state index is 12.9. The van der Waals surface area contributed by atoms with Crippen LogP contribution in [0, 0.1) is 17.8 Å². The van der Waals surface area contributed by atoms with Crippen LogP contribution in [0.2, 0.25) is 0 Å². The summed E-state index contributed by atoms with van der Waals surface area (Å²) in [6.07, 6.45) is -0.960.